The number of halogens is 8. The van der Waals surface area contributed by atoms with E-state index < -0.39 is 52.6 Å². The molecule has 0 aliphatic heterocycles. The van der Waals surface area contributed by atoms with Crippen molar-refractivity contribution in [2.75, 3.05) is 6.61 Å². The standard InChI is InChI=1S/C26H24ClF7O3/c1-22(2)19(13-20(27)25(30,31)37-15-24(28,29)26(32,33)34)23(22,21(35)36)14-18-10-6-9-17(12-18)11-16-7-4-3-5-8-16/h3-10,12-13,19H,11,14-15H2,1-2H3,(H,35,36). The molecule has 37 heavy (non-hydrogen) atoms. The molecule has 3 rings (SSSR count). The van der Waals surface area contributed by atoms with E-state index in [2.05, 4.69) is 4.74 Å². The lowest BCUT2D eigenvalue weighted by Crippen LogP contribution is -2.43. The number of hydrogen-bond donors (Lipinski definition) is 1. The summed E-state index contributed by atoms with van der Waals surface area (Å²) < 4.78 is 95.0. The minimum absolute atomic E-state index is 0.0537. The lowest BCUT2D eigenvalue weighted by Gasteiger charge is -2.23. The van der Waals surface area contributed by atoms with Gasteiger partial charge in [0, 0.05) is 5.92 Å². The fourth-order valence-electron chi connectivity index (χ4n) is 4.65. The van der Waals surface area contributed by atoms with Crippen molar-refractivity contribution < 1.29 is 45.4 Å². The Bertz CT molecular complexity index is 1160. The van der Waals surface area contributed by atoms with E-state index in [1.807, 2.05) is 42.5 Å². The van der Waals surface area contributed by atoms with Gasteiger partial charge in [-0.15, -0.1) is 0 Å². The number of hydrogen-bond acceptors (Lipinski definition) is 2. The molecular weight excluding hydrogens is 529 g/mol. The second kappa shape index (κ2) is 9.94. The predicted molar refractivity (Wildman–Crippen MR) is 123 cm³/mol. The smallest absolute Gasteiger partial charge is 0.455 e. The largest absolute Gasteiger partial charge is 0.481 e. The maximum Gasteiger partial charge on any atom is 0.455 e. The summed E-state index contributed by atoms with van der Waals surface area (Å²) in [5.74, 6) is -7.90. The van der Waals surface area contributed by atoms with Gasteiger partial charge in [-0.05, 0) is 34.9 Å². The van der Waals surface area contributed by atoms with Crippen LogP contribution < -0.4 is 0 Å². The maximum absolute atomic E-state index is 14.2. The minimum Gasteiger partial charge on any atom is -0.481 e. The number of carboxylic acid groups (broad SMARTS) is 1. The van der Waals surface area contributed by atoms with Crippen LogP contribution in [0.4, 0.5) is 30.7 Å². The Labute approximate surface area is 213 Å². The van der Waals surface area contributed by atoms with Gasteiger partial charge in [0.2, 0.25) is 0 Å². The maximum atomic E-state index is 14.2. The summed E-state index contributed by atoms with van der Waals surface area (Å²) in [4.78, 5) is 12.4. The van der Waals surface area contributed by atoms with Crippen molar-refractivity contribution in [3.8, 4) is 0 Å². The van der Waals surface area contributed by atoms with Gasteiger partial charge in [0.05, 0.1) is 5.41 Å². The first kappa shape index (κ1) is 29.0. The van der Waals surface area contributed by atoms with Crippen molar-refractivity contribution in [2.24, 2.45) is 16.7 Å². The molecule has 1 N–H and O–H groups in total. The van der Waals surface area contributed by atoms with Crippen molar-refractivity contribution >= 4 is 17.6 Å². The molecule has 1 aliphatic carbocycles. The van der Waals surface area contributed by atoms with E-state index in [0.717, 1.165) is 11.1 Å². The third-order valence-corrected chi connectivity index (χ3v) is 7.27. The number of rotatable bonds is 10. The van der Waals surface area contributed by atoms with Gasteiger partial charge in [0.25, 0.3) is 0 Å². The van der Waals surface area contributed by atoms with Crippen LogP contribution in [0.5, 0.6) is 0 Å². The third kappa shape index (κ3) is 5.80. The lowest BCUT2D eigenvalue weighted by molar-refractivity contribution is -0.323. The van der Waals surface area contributed by atoms with Crippen LogP contribution in [0.25, 0.3) is 0 Å². The van der Waals surface area contributed by atoms with E-state index in [-0.39, 0.29) is 6.42 Å². The van der Waals surface area contributed by atoms with Gasteiger partial charge >= 0.3 is 24.2 Å². The Morgan fingerprint density at radius 2 is 1.54 bits per heavy atom. The zero-order valence-corrected chi connectivity index (χ0v) is 20.5. The number of benzene rings is 2. The molecule has 0 amide bonds. The Hall–Kier alpha value is -2.59. The van der Waals surface area contributed by atoms with Gasteiger partial charge in [-0.3, -0.25) is 4.79 Å². The van der Waals surface area contributed by atoms with Crippen molar-refractivity contribution in [2.45, 2.75) is 44.9 Å². The van der Waals surface area contributed by atoms with Crippen molar-refractivity contribution in [1.29, 1.82) is 0 Å². The molecule has 1 aliphatic rings. The zero-order chi connectivity index (χ0) is 27.9. The Morgan fingerprint density at radius 3 is 2.11 bits per heavy atom. The molecule has 0 aromatic heterocycles. The molecule has 0 bridgehead atoms. The lowest BCUT2D eigenvalue weighted by atomic mass is 9.87. The van der Waals surface area contributed by atoms with Crippen molar-refractivity contribution in [3.63, 3.8) is 0 Å². The number of allylic oxidation sites excluding steroid dienone is 1. The quantitative estimate of drug-likeness (QED) is 0.311. The highest BCUT2D eigenvalue weighted by Gasteiger charge is 2.74. The summed E-state index contributed by atoms with van der Waals surface area (Å²) in [6, 6.07) is 16.6. The molecule has 2 unspecified atom stereocenters. The number of ether oxygens (including phenoxy) is 1. The molecular formula is C26H24ClF7O3. The first-order chi connectivity index (χ1) is 16.9. The highest BCUT2D eigenvalue weighted by molar-refractivity contribution is 6.30. The Morgan fingerprint density at radius 1 is 0.973 bits per heavy atom. The molecule has 3 nitrogen and oxygen atoms in total. The SMILES string of the molecule is CC1(C)C(C=C(Cl)C(F)(F)OCC(F)(F)C(F)(F)F)C1(Cc1cccc(Cc2ccccc2)c1)C(=O)O. The second-order valence-corrected chi connectivity index (χ2v) is 10.1. The van der Waals surface area contributed by atoms with Crippen LogP contribution in [-0.4, -0.2) is 35.9 Å². The van der Waals surface area contributed by atoms with Gasteiger partial charge in [0.1, 0.15) is 11.6 Å². The summed E-state index contributed by atoms with van der Waals surface area (Å²) in [5, 5.41) is 8.61. The van der Waals surface area contributed by atoms with Gasteiger partial charge < -0.3 is 9.84 Å². The number of carboxylic acids is 1. The molecule has 0 spiro atoms. The number of carbonyl (C=O) groups is 1. The summed E-state index contributed by atoms with van der Waals surface area (Å²) >= 11 is 5.60. The third-order valence-electron chi connectivity index (χ3n) is 6.92. The Kier molecular flexibility index (Phi) is 7.79. The Balaban J connectivity index is 1.82. The number of alkyl halides is 7. The van der Waals surface area contributed by atoms with Crippen LogP contribution in [0.3, 0.4) is 0 Å². The van der Waals surface area contributed by atoms with Gasteiger partial charge in [-0.25, -0.2) is 0 Å². The van der Waals surface area contributed by atoms with Crippen LogP contribution in [0, 0.1) is 16.7 Å². The van der Waals surface area contributed by atoms with E-state index >= 15 is 0 Å². The summed E-state index contributed by atoms with van der Waals surface area (Å²) in [5.41, 5.74) is -0.113. The van der Waals surface area contributed by atoms with Crippen LogP contribution in [-0.2, 0) is 22.4 Å². The molecule has 0 heterocycles. The van der Waals surface area contributed by atoms with E-state index in [0.29, 0.717) is 18.1 Å². The molecule has 1 fully saturated rings. The van der Waals surface area contributed by atoms with Crippen molar-refractivity contribution in [3.05, 3.63) is 82.4 Å². The average Bonchev–Trinajstić information content (AvgIpc) is 3.26. The molecule has 1 saturated carbocycles. The molecule has 0 radical (unpaired) electrons. The highest BCUT2D eigenvalue weighted by Crippen LogP contribution is 2.71. The zero-order valence-electron chi connectivity index (χ0n) is 19.8. The average molecular weight is 553 g/mol. The van der Waals surface area contributed by atoms with Crippen LogP contribution in [0.2, 0.25) is 0 Å². The molecule has 2 aromatic rings. The number of aliphatic carboxylic acids is 1. The van der Waals surface area contributed by atoms with E-state index in [1.165, 1.54) is 13.8 Å². The van der Waals surface area contributed by atoms with Crippen LogP contribution in [0.15, 0.2) is 65.7 Å². The summed E-state index contributed by atoms with van der Waals surface area (Å²) in [6.45, 7) is 0.397. The monoisotopic (exact) mass is 552 g/mol. The van der Waals surface area contributed by atoms with Crippen LogP contribution >= 0.6 is 11.6 Å². The predicted octanol–water partition coefficient (Wildman–Crippen LogP) is 7.48. The molecule has 2 aromatic carbocycles. The highest BCUT2D eigenvalue weighted by atomic mass is 35.5. The van der Waals surface area contributed by atoms with E-state index in [1.54, 1.807) is 12.1 Å². The first-order valence-electron chi connectivity index (χ1n) is 11.1. The van der Waals surface area contributed by atoms with Gasteiger partial charge in [-0.2, -0.15) is 30.7 Å². The van der Waals surface area contributed by atoms with E-state index in [4.69, 9.17) is 11.6 Å². The normalized spacial score (nSPS) is 22.1. The molecule has 0 saturated heterocycles. The fourth-order valence-corrected chi connectivity index (χ4v) is 4.83. The fraction of sp³-hybridized carbons (Fsp3) is 0.423. The second-order valence-electron chi connectivity index (χ2n) is 9.66. The molecule has 11 heteroatoms. The van der Waals surface area contributed by atoms with E-state index in [9.17, 15) is 40.6 Å². The molecule has 2 atom stereocenters. The topological polar surface area (TPSA) is 46.5 Å². The van der Waals surface area contributed by atoms with Crippen LogP contribution in [0.1, 0.15) is 30.5 Å². The van der Waals surface area contributed by atoms with Gasteiger partial charge in [0.15, 0.2) is 0 Å². The minimum atomic E-state index is -6.09. The van der Waals surface area contributed by atoms with Gasteiger partial charge in [-0.1, -0.05) is 86.1 Å². The summed E-state index contributed by atoms with van der Waals surface area (Å²) in [7, 11) is 0. The first-order valence-corrected chi connectivity index (χ1v) is 11.5. The molecule has 202 valence electrons. The van der Waals surface area contributed by atoms with Crippen molar-refractivity contribution in [1.82, 2.24) is 0 Å². The summed E-state index contributed by atoms with van der Waals surface area (Å²) in [6.07, 6.45) is -9.57.